The second-order valence-corrected chi connectivity index (χ2v) is 5.82. The Morgan fingerprint density at radius 1 is 1.28 bits per heavy atom. The van der Waals surface area contributed by atoms with Gasteiger partial charge in [-0.2, -0.15) is 0 Å². The van der Waals surface area contributed by atoms with Crippen molar-refractivity contribution in [2.45, 2.75) is 32.9 Å². The number of piperidine rings is 1. The molecule has 0 aromatic heterocycles. The van der Waals surface area contributed by atoms with E-state index in [4.69, 9.17) is 5.73 Å². The molecule has 1 aliphatic heterocycles. The number of nitrogens with two attached hydrogens (primary N) is 1. The van der Waals surface area contributed by atoms with E-state index in [1.54, 1.807) is 0 Å². The molecule has 0 amide bonds. The summed E-state index contributed by atoms with van der Waals surface area (Å²) in [6, 6.07) is 7.05. The molecule has 2 unspecified atom stereocenters. The lowest BCUT2D eigenvalue weighted by Crippen LogP contribution is -2.47. The monoisotopic (exact) mass is 250 g/mol. The normalized spacial score (nSPS) is 25.6. The minimum absolute atomic E-state index is 0.172. The molecule has 1 heterocycles. The third-order valence-corrected chi connectivity index (χ3v) is 3.85. The minimum Gasteiger partial charge on any atom is -0.327 e. The summed E-state index contributed by atoms with van der Waals surface area (Å²) in [4.78, 5) is 2.39. The van der Waals surface area contributed by atoms with Crippen LogP contribution >= 0.6 is 0 Å². The van der Waals surface area contributed by atoms with E-state index in [9.17, 15) is 4.39 Å². The molecule has 2 rings (SSSR count). The topological polar surface area (TPSA) is 29.3 Å². The zero-order valence-electron chi connectivity index (χ0n) is 11.3. The summed E-state index contributed by atoms with van der Waals surface area (Å²) in [7, 11) is 0. The number of nitrogens with zero attached hydrogens (tertiary/aromatic N) is 1. The van der Waals surface area contributed by atoms with E-state index >= 15 is 0 Å². The molecule has 18 heavy (non-hydrogen) atoms. The van der Waals surface area contributed by atoms with Crippen molar-refractivity contribution in [1.29, 1.82) is 0 Å². The number of benzene rings is 1. The molecular formula is C15H23FN2. The van der Waals surface area contributed by atoms with Gasteiger partial charge >= 0.3 is 0 Å². The zero-order chi connectivity index (χ0) is 13.1. The third kappa shape index (κ3) is 3.53. The second kappa shape index (κ2) is 5.81. The Hall–Kier alpha value is -0.930. The molecule has 100 valence electrons. The van der Waals surface area contributed by atoms with Gasteiger partial charge in [-0.3, -0.25) is 4.90 Å². The maximum Gasteiger partial charge on any atom is 0.123 e. The van der Waals surface area contributed by atoms with Gasteiger partial charge in [0.05, 0.1) is 0 Å². The van der Waals surface area contributed by atoms with Crippen LogP contribution in [0.15, 0.2) is 24.3 Å². The van der Waals surface area contributed by atoms with E-state index < -0.39 is 0 Å². The Kier molecular flexibility index (Phi) is 4.36. The Morgan fingerprint density at radius 2 is 1.94 bits per heavy atom. The predicted octanol–water partition coefficient (Wildman–Crippen LogP) is 2.63. The summed E-state index contributed by atoms with van der Waals surface area (Å²) in [5.41, 5.74) is 7.29. The maximum atomic E-state index is 12.9. The van der Waals surface area contributed by atoms with Crippen LogP contribution in [0.3, 0.4) is 0 Å². The summed E-state index contributed by atoms with van der Waals surface area (Å²) in [6.07, 6.45) is 1.12. The number of likely N-dealkylation sites (tertiary alicyclic amines) is 1. The lowest BCUT2D eigenvalue weighted by molar-refractivity contribution is 0.123. The van der Waals surface area contributed by atoms with Gasteiger partial charge in [-0.1, -0.05) is 26.0 Å². The molecule has 0 bridgehead atoms. The van der Waals surface area contributed by atoms with Crippen molar-refractivity contribution in [3.8, 4) is 0 Å². The molecule has 0 radical (unpaired) electrons. The van der Waals surface area contributed by atoms with Crippen LogP contribution in [0.1, 0.15) is 25.8 Å². The lowest BCUT2D eigenvalue weighted by Gasteiger charge is -2.38. The van der Waals surface area contributed by atoms with Crippen LogP contribution in [0.2, 0.25) is 0 Å². The van der Waals surface area contributed by atoms with E-state index in [0.29, 0.717) is 11.8 Å². The molecule has 3 heteroatoms. The summed E-state index contributed by atoms with van der Waals surface area (Å²) in [5.74, 6) is 1.18. The molecule has 0 saturated carbocycles. The smallest absolute Gasteiger partial charge is 0.123 e. The van der Waals surface area contributed by atoms with Crippen LogP contribution < -0.4 is 5.73 Å². The standard InChI is InChI=1S/C15H23FN2/c1-11(2)13-7-15(17)10-18(9-13)8-12-3-5-14(16)6-4-12/h3-6,11,13,15H,7-10,17H2,1-2H3. The molecule has 0 spiro atoms. The fraction of sp³-hybridized carbons (Fsp3) is 0.600. The van der Waals surface area contributed by atoms with E-state index in [2.05, 4.69) is 18.7 Å². The number of hydrogen-bond acceptors (Lipinski definition) is 2. The van der Waals surface area contributed by atoms with Gasteiger partial charge in [0.25, 0.3) is 0 Å². The largest absolute Gasteiger partial charge is 0.327 e. The van der Waals surface area contributed by atoms with Gasteiger partial charge < -0.3 is 5.73 Å². The SMILES string of the molecule is CC(C)C1CC(N)CN(Cc2ccc(F)cc2)C1. The molecule has 2 nitrogen and oxygen atoms in total. The van der Waals surface area contributed by atoms with Gasteiger partial charge in [0.15, 0.2) is 0 Å². The molecule has 1 saturated heterocycles. The molecule has 2 atom stereocenters. The van der Waals surface area contributed by atoms with Crippen LogP contribution in [0.25, 0.3) is 0 Å². The highest BCUT2D eigenvalue weighted by atomic mass is 19.1. The summed E-state index contributed by atoms with van der Waals surface area (Å²) >= 11 is 0. The highest BCUT2D eigenvalue weighted by Gasteiger charge is 2.26. The van der Waals surface area contributed by atoms with E-state index in [1.807, 2.05) is 12.1 Å². The first-order valence-electron chi connectivity index (χ1n) is 6.77. The summed E-state index contributed by atoms with van der Waals surface area (Å²) < 4.78 is 12.9. The fourth-order valence-electron chi connectivity index (χ4n) is 2.74. The average Bonchev–Trinajstić information content (AvgIpc) is 2.31. The van der Waals surface area contributed by atoms with Gasteiger partial charge in [0.1, 0.15) is 5.82 Å². The predicted molar refractivity (Wildman–Crippen MR) is 72.6 cm³/mol. The van der Waals surface area contributed by atoms with Crippen molar-refractivity contribution in [1.82, 2.24) is 4.90 Å². The van der Waals surface area contributed by atoms with E-state index in [-0.39, 0.29) is 11.9 Å². The Balaban J connectivity index is 1.98. The van der Waals surface area contributed by atoms with Gasteiger partial charge in [-0.15, -0.1) is 0 Å². The highest BCUT2D eigenvalue weighted by molar-refractivity contribution is 5.16. The molecular weight excluding hydrogens is 227 g/mol. The van der Waals surface area contributed by atoms with Crippen molar-refractivity contribution in [2.24, 2.45) is 17.6 Å². The van der Waals surface area contributed by atoms with Crippen molar-refractivity contribution in [3.63, 3.8) is 0 Å². The van der Waals surface area contributed by atoms with Crippen molar-refractivity contribution < 1.29 is 4.39 Å². The van der Waals surface area contributed by atoms with Gasteiger partial charge in [-0.25, -0.2) is 4.39 Å². The molecule has 0 aliphatic carbocycles. The number of hydrogen-bond donors (Lipinski definition) is 1. The molecule has 1 aromatic rings. The summed E-state index contributed by atoms with van der Waals surface area (Å²) in [5, 5.41) is 0. The fourth-order valence-corrected chi connectivity index (χ4v) is 2.74. The molecule has 1 aromatic carbocycles. The van der Waals surface area contributed by atoms with Crippen molar-refractivity contribution in [2.75, 3.05) is 13.1 Å². The van der Waals surface area contributed by atoms with Gasteiger partial charge in [0.2, 0.25) is 0 Å². The zero-order valence-corrected chi connectivity index (χ0v) is 11.3. The maximum absolute atomic E-state index is 12.9. The quantitative estimate of drug-likeness (QED) is 0.893. The van der Waals surface area contributed by atoms with Crippen molar-refractivity contribution in [3.05, 3.63) is 35.6 Å². The van der Waals surface area contributed by atoms with Crippen LogP contribution in [-0.4, -0.2) is 24.0 Å². The molecule has 1 aliphatic rings. The third-order valence-electron chi connectivity index (χ3n) is 3.85. The minimum atomic E-state index is -0.172. The van der Waals surface area contributed by atoms with Crippen LogP contribution in [-0.2, 0) is 6.54 Å². The molecule has 1 fully saturated rings. The first kappa shape index (κ1) is 13.5. The Labute approximate surface area is 109 Å². The van der Waals surface area contributed by atoms with Crippen LogP contribution in [0.5, 0.6) is 0 Å². The first-order valence-corrected chi connectivity index (χ1v) is 6.77. The van der Waals surface area contributed by atoms with Gasteiger partial charge in [-0.05, 0) is 36.0 Å². The first-order chi connectivity index (χ1) is 8.54. The Morgan fingerprint density at radius 3 is 2.56 bits per heavy atom. The van der Waals surface area contributed by atoms with Gasteiger partial charge in [0, 0.05) is 25.7 Å². The van der Waals surface area contributed by atoms with Crippen LogP contribution in [0.4, 0.5) is 4.39 Å². The van der Waals surface area contributed by atoms with E-state index in [0.717, 1.165) is 31.6 Å². The second-order valence-electron chi connectivity index (χ2n) is 5.82. The number of halogens is 1. The average molecular weight is 250 g/mol. The molecule has 2 N–H and O–H groups in total. The van der Waals surface area contributed by atoms with Crippen LogP contribution in [0, 0.1) is 17.7 Å². The number of rotatable bonds is 3. The highest BCUT2D eigenvalue weighted by Crippen LogP contribution is 2.24. The van der Waals surface area contributed by atoms with Crippen molar-refractivity contribution >= 4 is 0 Å². The summed E-state index contributed by atoms with van der Waals surface area (Å²) in [6.45, 7) is 7.44. The van der Waals surface area contributed by atoms with E-state index in [1.165, 1.54) is 12.1 Å². The Bertz CT molecular complexity index is 375. The lowest BCUT2D eigenvalue weighted by atomic mass is 9.85.